The number of piperidine rings is 1. The molecule has 0 spiro atoms. The summed E-state index contributed by atoms with van der Waals surface area (Å²) in [5, 5.41) is 0. The zero-order valence-corrected chi connectivity index (χ0v) is 11.4. The molecule has 1 aliphatic heterocycles. The van der Waals surface area contributed by atoms with Crippen LogP contribution in [0.1, 0.15) is 25.3 Å². The number of ether oxygens (including phenoxy) is 1. The van der Waals surface area contributed by atoms with E-state index in [0.717, 1.165) is 19.5 Å². The molecule has 2 aliphatic rings. The average Bonchev–Trinajstić information content (AvgIpc) is 2.97. The lowest BCUT2D eigenvalue weighted by Gasteiger charge is -2.27. The van der Waals surface area contributed by atoms with Gasteiger partial charge in [-0.25, -0.2) is 0 Å². The number of likely N-dealkylation sites (tertiary alicyclic amines) is 1. The van der Waals surface area contributed by atoms with Crippen molar-refractivity contribution in [3.05, 3.63) is 35.9 Å². The number of hydrogen-bond donors (Lipinski definition) is 0. The summed E-state index contributed by atoms with van der Waals surface area (Å²) in [6.07, 6.45) is 2.32. The fraction of sp³-hybridized carbons (Fsp3) is 0.562. The van der Waals surface area contributed by atoms with Crippen molar-refractivity contribution in [1.29, 1.82) is 0 Å². The molecule has 19 heavy (non-hydrogen) atoms. The predicted molar refractivity (Wildman–Crippen MR) is 73.5 cm³/mol. The SMILES string of the molecule is CCOC(=O)C1[C@@H]2CC[C@H]1N(Cc1ccccc1)C2. The van der Waals surface area contributed by atoms with Crippen LogP contribution in [-0.4, -0.2) is 30.1 Å². The standard InChI is InChI=1S/C16H21NO2/c1-2-19-16(18)15-13-8-9-14(15)17(11-13)10-12-6-4-3-5-7-12/h3-7,13-15H,2,8-11H2,1H3/t13-,14-,15?/m1/s1. The molecule has 1 unspecified atom stereocenters. The van der Waals surface area contributed by atoms with E-state index < -0.39 is 0 Å². The van der Waals surface area contributed by atoms with Crippen LogP contribution in [0, 0.1) is 11.8 Å². The van der Waals surface area contributed by atoms with Crippen molar-refractivity contribution in [1.82, 2.24) is 4.90 Å². The summed E-state index contributed by atoms with van der Waals surface area (Å²) in [7, 11) is 0. The van der Waals surface area contributed by atoms with Gasteiger partial charge in [0, 0.05) is 19.1 Å². The Bertz CT molecular complexity index is 445. The van der Waals surface area contributed by atoms with Crippen LogP contribution in [0.3, 0.4) is 0 Å². The molecule has 1 saturated carbocycles. The molecule has 1 aromatic rings. The summed E-state index contributed by atoms with van der Waals surface area (Å²) in [6, 6.07) is 10.9. The van der Waals surface area contributed by atoms with E-state index in [1.54, 1.807) is 0 Å². The first kappa shape index (κ1) is 12.7. The molecule has 1 aliphatic carbocycles. The lowest BCUT2D eigenvalue weighted by atomic mass is 9.99. The van der Waals surface area contributed by atoms with Gasteiger partial charge in [0.05, 0.1) is 12.5 Å². The topological polar surface area (TPSA) is 29.5 Å². The molecular formula is C16H21NO2. The molecule has 2 bridgehead atoms. The molecule has 1 heterocycles. The zero-order chi connectivity index (χ0) is 13.2. The molecular weight excluding hydrogens is 238 g/mol. The van der Waals surface area contributed by atoms with E-state index in [2.05, 4.69) is 29.2 Å². The molecule has 1 saturated heterocycles. The molecule has 3 nitrogen and oxygen atoms in total. The van der Waals surface area contributed by atoms with E-state index >= 15 is 0 Å². The summed E-state index contributed by atoms with van der Waals surface area (Å²) in [6.45, 7) is 4.38. The van der Waals surface area contributed by atoms with E-state index in [1.165, 1.54) is 12.0 Å². The summed E-state index contributed by atoms with van der Waals surface area (Å²) in [5.41, 5.74) is 1.33. The Morgan fingerprint density at radius 3 is 2.84 bits per heavy atom. The number of carbonyl (C=O) groups is 1. The van der Waals surface area contributed by atoms with Gasteiger partial charge in [-0.15, -0.1) is 0 Å². The lowest BCUT2D eigenvalue weighted by Crippen LogP contribution is -2.34. The largest absolute Gasteiger partial charge is 0.466 e. The van der Waals surface area contributed by atoms with Crippen molar-refractivity contribution in [2.45, 2.75) is 32.4 Å². The Morgan fingerprint density at radius 2 is 2.11 bits per heavy atom. The zero-order valence-electron chi connectivity index (χ0n) is 11.4. The second kappa shape index (κ2) is 5.33. The van der Waals surface area contributed by atoms with E-state index in [0.29, 0.717) is 18.6 Å². The summed E-state index contributed by atoms with van der Waals surface area (Å²) in [4.78, 5) is 14.5. The molecule has 0 aromatic heterocycles. The van der Waals surface area contributed by atoms with Crippen molar-refractivity contribution >= 4 is 5.97 Å². The molecule has 102 valence electrons. The molecule has 0 radical (unpaired) electrons. The molecule has 3 heteroatoms. The highest BCUT2D eigenvalue weighted by atomic mass is 16.5. The first-order valence-corrected chi connectivity index (χ1v) is 7.24. The highest BCUT2D eigenvalue weighted by molar-refractivity contribution is 5.74. The van der Waals surface area contributed by atoms with Gasteiger partial charge in [-0.3, -0.25) is 9.69 Å². The van der Waals surface area contributed by atoms with Gasteiger partial charge in [-0.1, -0.05) is 30.3 Å². The van der Waals surface area contributed by atoms with Crippen molar-refractivity contribution in [2.24, 2.45) is 11.8 Å². The minimum Gasteiger partial charge on any atom is -0.466 e. The molecule has 3 atom stereocenters. The Hall–Kier alpha value is -1.35. The maximum absolute atomic E-state index is 12.1. The highest BCUT2D eigenvalue weighted by Crippen LogP contribution is 2.43. The number of esters is 1. The van der Waals surface area contributed by atoms with Crippen LogP contribution >= 0.6 is 0 Å². The number of fused-ring (bicyclic) bond motifs is 2. The summed E-state index contributed by atoms with van der Waals surface area (Å²) >= 11 is 0. The van der Waals surface area contributed by atoms with Crippen LogP contribution < -0.4 is 0 Å². The second-order valence-corrected chi connectivity index (χ2v) is 5.60. The average molecular weight is 259 g/mol. The highest BCUT2D eigenvalue weighted by Gasteiger charge is 2.50. The molecule has 3 rings (SSSR count). The third-order valence-electron chi connectivity index (χ3n) is 4.48. The third-order valence-corrected chi connectivity index (χ3v) is 4.48. The smallest absolute Gasteiger partial charge is 0.310 e. The van der Waals surface area contributed by atoms with Crippen LogP contribution in [-0.2, 0) is 16.1 Å². The van der Waals surface area contributed by atoms with E-state index in [4.69, 9.17) is 4.74 Å². The summed E-state index contributed by atoms with van der Waals surface area (Å²) in [5.74, 6) is 0.641. The van der Waals surface area contributed by atoms with Gasteiger partial charge in [-0.2, -0.15) is 0 Å². The maximum atomic E-state index is 12.1. The first-order valence-electron chi connectivity index (χ1n) is 7.24. The van der Waals surface area contributed by atoms with Crippen LogP contribution in [0.15, 0.2) is 30.3 Å². The number of hydrogen-bond acceptors (Lipinski definition) is 3. The van der Waals surface area contributed by atoms with Gasteiger partial charge >= 0.3 is 5.97 Å². The Kier molecular flexibility index (Phi) is 3.56. The fourth-order valence-electron chi connectivity index (χ4n) is 3.70. The fourth-order valence-corrected chi connectivity index (χ4v) is 3.70. The van der Waals surface area contributed by atoms with E-state index in [1.807, 2.05) is 13.0 Å². The third kappa shape index (κ3) is 2.39. The Labute approximate surface area is 114 Å². The maximum Gasteiger partial charge on any atom is 0.310 e. The monoisotopic (exact) mass is 259 g/mol. The number of carbonyl (C=O) groups excluding carboxylic acids is 1. The van der Waals surface area contributed by atoms with Gasteiger partial charge in [-0.05, 0) is 31.2 Å². The van der Waals surface area contributed by atoms with Crippen LogP contribution in [0.4, 0.5) is 0 Å². The number of benzene rings is 1. The quantitative estimate of drug-likeness (QED) is 0.778. The van der Waals surface area contributed by atoms with Crippen molar-refractivity contribution < 1.29 is 9.53 Å². The van der Waals surface area contributed by atoms with Gasteiger partial charge in [0.1, 0.15) is 0 Å². The van der Waals surface area contributed by atoms with Crippen molar-refractivity contribution in [3.63, 3.8) is 0 Å². The van der Waals surface area contributed by atoms with Gasteiger partial charge in [0.25, 0.3) is 0 Å². The Balaban J connectivity index is 1.69. The first-order chi connectivity index (χ1) is 9.29. The number of rotatable bonds is 4. The minimum atomic E-state index is 0.0190. The van der Waals surface area contributed by atoms with Crippen LogP contribution in [0.25, 0.3) is 0 Å². The molecule has 2 fully saturated rings. The summed E-state index contributed by atoms with van der Waals surface area (Å²) < 4.78 is 5.24. The normalized spacial score (nSPS) is 29.6. The molecule has 0 amide bonds. The predicted octanol–water partition coefficient (Wildman–Crippen LogP) is 2.46. The van der Waals surface area contributed by atoms with Crippen molar-refractivity contribution in [2.75, 3.05) is 13.2 Å². The molecule has 0 N–H and O–H groups in total. The lowest BCUT2D eigenvalue weighted by molar-refractivity contribution is -0.149. The second-order valence-electron chi connectivity index (χ2n) is 5.60. The van der Waals surface area contributed by atoms with Crippen LogP contribution in [0.2, 0.25) is 0 Å². The van der Waals surface area contributed by atoms with E-state index in [9.17, 15) is 4.79 Å². The van der Waals surface area contributed by atoms with Gasteiger partial charge < -0.3 is 4.74 Å². The molecule has 1 aromatic carbocycles. The van der Waals surface area contributed by atoms with Crippen LogP contribution in [0.5, 0.6) is 0 Å². The van der Waals surface area contributed by atoms with Gasteiger partial charge in [0.15, 0.2) is 0 Å². The van der Waals surface area contributed by atoms with Crippen molar-refractivity contribution in [3.8, 4) is 0 Å². The van der Waals surface area contributed by atoms with E-state index in [-0.39, 0.29) is 11.9 Å². The number of nitrogens with zero attached hydrogens (tertiary/aromatic N) is 1. The minimum absolute atomic E-state index is 0.0190. The van der Waals surface area contributed by atoms with Gasteiger partial charge in [0.2, 0.25) is 0 Å². The Morgan fingerprint density at radius 1 is 1.32 bits per heavy atom.